The highest BCUT2D eigenvalue weighted by atomic mass is 35.5. The van der Waals surface area contributed by atoms with Crippen LogP contribution in [0.3, 0.4) is 0 Å². The lowest BCUT2D eigenvalue weighted by Gasteiger charge is -2.35. The number of nitrogens with one attached hydrogen (secondary N) is 1. The van der Waals surface area contributed by atoms with Crippen LogP contribution in [0.1, 0.15) is 33.7 Å². The summed E-state index contributed by atoms with van der Waals surface area (Å²) in [5, 5.41) is 8.01. The number of hydrogen-bond acceptors (Lipinski definition) is 6. The van der Waals surface area contributed by atoms with Gasteiger partial charge in [-0.25, -0.2) is 9.67 Å². The zero-order valence-corrected chi connectivity index (χ0v) is 20.3. The molecule has 34 heavy (non-hydrogen) atoms. The predicted molar refractivity (Wildman–Crippen MR) is 132 cm³/mol. The molecule has 1 aliphatic rings. The average molecular weight is 502 g/mol. The van der Waals surface area contributed by atoms with E-state index in [9.17, 15) is 9.59 Å². The maximum atomic E-state index is 12.9. The van der Waals surface area contributed by atoms with Gasteiger partial charge < -0.3 is 20.9 Å². The molecule has 0 aliphatic carbocycles. The van der Waals surface area contributed by atoms with E-state index in [1.807, 2.05) is 4.90 Å². The molecule has 0 saturated carbocycles. The minimum absolute atomic E-state index is 0.00158. The molecule has 0 unspecified atom stereocenters. The molecular formula is C23H25Cl2N7O2. The van der Waals surface area contributed by atoms with Crippen LogP contribution >= 0.6 is 23.2 Å². The molecule has 0 radical (unpaired) electrons. The van der Waals surface area contributed by atoms with Gasteiger partial charge in [-0.15, -0.1) is 0 Å². The third-order valence-corrected chi connectivity index (χ3v) is 6.48. The van der Waals surface area contributed by atoms with Crippen molar-refractivity contribution in [2.75, 3.05) is 32.5 Å². The zero-order chi connectivity index (χ0) is 24.4. The average Bonchev–Trinajstić information content (AvgIpc) is 3.22. The van der Waals surface area contributed by atoms with E-state index in [-0.39, 0.29) is 11.6 Å². The van der Waals surface area contributed by atoms with E-state index in [2.05, 4.69) is 34.4 Å². The number of piperidine rings is 1. The first kappa shape index (κ1) is 24.0. The summed E-state index contributed by atoms with van der Waals surface area (Å²) in [5.41, 5.74) is 6.78. The monoisotopic (exact) mass is 501 g/mol. The Morgan fingerprint density at radius 2 is 1.79 bits per heavy atom. The Morgan fingerprint density at radius 1 is 1.12 bits per heavy atom. The third kappa shape index (κ3) is 5.01. The second-order valence-corrected chi connectivity index (χ2v) is 9.13. The van der Waals surface area contributed by atoms with E-state index in [0.717, 1.165) is 12.8 Å². The number of carbonyl (C=O) groups excluding carboxylic acids is 2. The van der Waals surface area contributed by atoms with Gasteiger partial charge in [0.25, 0.3) is 11.8 Å². The Kier molecular flexibility index (Phi) is 7.06. The Balaban J connectivity index is 1.51. The van der Waals surface area contributed by atoms with Crippen LogP contribution in [0.2, 0.25) is 10.0 Å². The Hall–Kier alpha value is -3.14. The van der Waals surface area contributed by atoms with Crippen molar-refractivity contribution in [3.05, 3.63) is 64.0 Å². The normalized spacial score (nSPS) is 14.4. The standard InChI is InChI=1S/C23H25Cl2N7O2/c1-30(2)15-8-10-31(11-9-15)23(34)14-6-7-19(27-12-14)28-18-13-32(29-20(18)22(26)33)21-16(24)4-3-5-17(21)25/h3-7,12-13,15H,8-11H2,1-2H3,(H2,26,33)(H,27,28). The number of aromatic nitrogens is 3. The van der Waals surface area contributed by atoms with E-state index in [1.165, 1.54) is 10.9 Å². The Bertz CT molecular complexity index is 1180. The second-order valence-electron chi connectivity index (χ2n) is 8.31. The molecular weight excluding hydrogens is 477 g/mol. The number of hydrogen-bond donors (Lipinski definition) is 2. The lowest BCUT2D eigenvalue weighted by molar-refractivity contribution is 0.0663. The molecule has 1 aromatic carbocycles. The van der Waals surface area contributed by atoms with Crippen molar-refractivity contribution in [2.24, 2.45) is 5.73 Å². The van der Waals surface area contributed by atoms with E-state index < -0.39 is 5.91 Å². The van der Waals surface area contributed by atoms with Gasteiger partial charge in [0.05, 0.1) is 27.5 Å². The van der Waals surface area contributed by atoms with Crippen LogP contribution in [0.25, 0.3) is 5.69 Å². The first-order valence-electron chi connectivity index (χ1n) is 10.8. The van der Waals surface area contributed by atoms with Crippen LogP contribution in [0.4, 0.5) is 11.5 Å². The smallest absolute Gasteiger partial charge is 0.271 e. The zero-order valence-electron chi connectivity index (χ0n) is 18.8. The number of carbonyl (C=O) groups is 2. The van der Waals surface area contributed by atoms with Gasteiger partial charge in [-0.05, 0) is 51.2 Å². The van der Waals surface area contributed by atoms with E-state index >= 15 is 0 Å². The molecule has 2 amide bonds. The van der Waals surface area contributed by atoms with Gasteiger partial charge in [0.2, 0.25) is 0 Å². The molecule has 0 spiro atoms. The number of primary amides is 1. The number of nitrogens with two attached hydrogens (primary N) is 1. The van der Waals surface area contributed by atoms with Crippen molar-refractivity contribution in [1.82, 2.24) is 24.6 Å². The number of para-hydroxylation sites is 1. The fourth-order valence-electron chi connectivity index (χ4n) is 3.97. The van der Waals surface area contributed by atoms with E-state index in [4.69, 9.17) is 28.9 Å². The number of amides is 2. The number of nitrogens with zero attached hydrogens (tertiary/aromatic N) is 5. The number of pyridine rings is 1. The molecule has 0 atom stereocenters. The Morgan fingerprint density at radius 3 is 2.35 bits per heavy atom. The highest BCUT2D eigenvalue weighted by Crippen LogP contribution is 2.30. The predicted octanol–water partition coefficient (Wildman–Crippen LogP) is 3.58. The van der Waals surface area contributed by atoms with Gasteiger partial charge in [0, 0.05) is 25.3 Å². The fourth-order valence-corrected chi connectivity index (χ4v) is 4.54. The summed E-state index contributed by atoms with van der Waals surface area (Å²) >= 11 is 12.5. The molecule has 0 bridgehead atoms. The van der Waals surface area contributed by atoms with Gasteiger partial charge in [-0.3, -0.25) is 9.59 Å². The maximum Gasteiger partial charge on any atom is 0.271 e. The first-order valence-corrected chi connectivity index (χ1v) is 11.5. The van der Waals surface area contributed by atoms with Gasteiger partial charge in [0.1, 0.15) is 11.5 Å². The first-order chi connectivity index (χ1) is 16.2. The summed E-state index contributed by atoms with van der Waals surface area (Å²) in [6.07, 6.45) is 4.97. The van der Waals surface area contributed by atoms with E-state index in [1.54, 1.807) is 36.5 Å². The highest BCUT2D eigenvalue weighted by Gasteiger charge is 2.25. The molecule has 4 rings (SSSR count). The van der Waals surface area contributed by atoms with E-state index in [0.29, 0.717) is 51.9 Å². The molecule has 1 aliphatic heterocycles. The number of benzene rings is 1. The van der Waals surface area contributed by atoms with Crippen LogP contribution in [0, 0.1) is 0 Å². The topological polar surface area (TPSA) is 109 Å². The van der Waals surface area contributed by atoms with Gasteiger partial charge in [0.15, 0.2) is 5.69 Å². The van der Waals surface area contributed by atoms with Crippen molar-refractivity contribution in [3.63, 3.8) is 0 Å². The van der Waals surface area contributed by atoms with Crippen LogP contribution in [0.5, 0.6) is 0 Å². The quantitative estimate of drug-likeness (QED) is 0.534. The minimum atomic E-state index is -0.725. The lowest BCUT2D eigenvalue weighted by Crippen LogP contribution is -2.44. The third-order valence-electron chi connectivity index (χ3n) is 5.87. The molecule has 3 heterocycles. The van der Waals surface area contributed by atoms with Crippen molar-refractivity contribution in [3.8, 4) is 5.69 Å². The molecule has 3 aromatic rings. The summed E-state index contributed by atoms with van der Waals surface area (Å²) in [6.45, 7) is 1.43. The minimum Gasteiger partial charge on any atom is -0.364 e. The van der Waals surface area contributed by atoms with Gasteiger partial charge in [-0.2, -0.15) is 5.10 Å². The summed E-state index contributed by atoms with van der Waals surface area (Å²) < 4.78 is 1.39. The van der Waals surface area contributed by atoms with Crippen molar-refractivity contribution in [1.29, 1.82) is 0 Å². The van der Waals surface area contributed by atoms with Crippen LogP contribution in [-0.2, 0) is 0 Å². The van der Waals surface area contributed by atoms with Crippen molar-refractivity contribution >= 4 is 46.5 Å². The van der Waals surface area contributed by atoms with Gasteiger partial charge in [-0.1, -0.05) is 29.3 Å². The van der Waals surface area contributed by atoms with Crippen LogP contribution < -0.4 is 11.1 Å². The summed E-state index contributed by atoms with van der Waals surface area (Å²) in [6, 6.07) is 8.92. The molecule has 178 valence electrons. The molecule has 1 fully saturated rings. The molecule has 2 aromatic heterocycles. The van der Waals surface area contributed by atoms with Crippen molar-refractivity contribution < 1.29 is 9.59 Å². The molecule has 3 N–H and O–H groups in total. The Labute approximate surface area is 207 Å². The fraction of sp³-hybridized carbons (Fsp3) is 0.304. The molecule has 9 nitrogen and oxygen atoms in total. The second kappa shape index (κ2) is 10.0. The summed E-state index contributed by atoms with van der Waals surface area (Å²) in [5.74, 6) is -0.345. The number of rotatable bonds is 6. The maximum absolute atomic E-state index is 12.9. The lowest BCUT2D eigenvalue weighted by atomic mass is 10.0. The summed E-state index contributed by atoms with van der Waals surface area (Å²) in [4.78, 5) is 33.2. The van der Waals surface area contributed by atoms with Crippen molar-refractivity contribution in [2.45, 2.75) is 18.9 Å². The SMILES string of the molecule is CN(C)C1CCN(C(=O)c2ccc(Nc3cn(-c4c(Cl)cccc4Cl)nc3C(N)=O)nc2)CC1. The number of likely N-dealkylation sites (tertiary alicyclic amines) is 1. The summed E-state index contributed by atoms with van der Waals surface area (Å²) in [7, 11) is 4.13. The van der Waals surface area contributed by atoms with Gasteiger partial charge >= 0.3 is 0 Å². The van der Waals surface area contributed by atoms with Crippen LogP contribution in [-0.4, -0.2) is 69.6 Å². The molecule has 11 heteroatoms. The largest absolute Gasteiger partial charge is 0.364 e. The number of anilines is 2. The highest BCUT2D eigenvalue weighted by molar-refractivity contribution is 6.37. The van der Waals surface area contributed by atoms with Crippen LogP contribution in [0.15, 0.2) is 42.7 Å². The number of halogens is 2. The molecule has 1 saturated heterocycles.